The van der Waals surface area contributed by atoms with Crippen molar-refractivity contribution in [2.45, 2.75) is 31.3 Å². The van der Waals surface area contributed by atoms with Gasteiger partial charge in [0.05, 0.1) is 10.9 Å². The van der Waals surface area contributed by atoms with Gasteiger partial charge in [0.25, 0.3) is 0 Å². The smallest absolute Gasteiger partial charge is 0.241 e. The Balaban J connectivity index is 3.08. The van der Waals surface area contributed by atoms with Crippen LogP contribution in [-0.2, 0) is 21.4 Å². The van der Waals surface area contributed by atoms with Crippen LogP contribution in [-0.4, -0.2) is 38.9 Å². The average molecular weight is 317 g/mol. The standard InChI is InChI=1S/C13H20FN3O3S/c1-4-17(3)13(18)9(2)16-21(19,20)12-7-5-6-11(14)10(12)8-15/h5-7,9,16H,4,8,15H2,1-3H3. The van der Waals surface area contributed by atoms with Crippen LogP contribution in [0.25, 0.3) is 0 Å². The van der Waals surface area contributed by atoms with E-state index in [4.69, 9.17) is 5.73 Å². The van der Waals surface area contributed by atoms with Crippen molar-refractivity contribution in [3.8, 4) is 0 Å². The van der Waals surface area contributed by atoms with Gasteiger partial charge in [-0.15, -0.1) is 0 Å². The largest absolute Gasteiger partial charge is 0.345 e. The van der Waals surface area contributed by atoms with Gasteiger partial charge < -0.3 is 10.6 Å². The topological polar surface area (TPSA) is 92.5 Å². The summed E-state index contributed by atoms with van der Waals surface area (Å²) in [5.74, 6) is -1.06. The second-order valence-corrected chi connectivity index (χ2v) is 6.30. The predicted octanol–water partition coefficient (Wildman–Crippen LogP) is 0.430. The highest BCUT2D eigenvalue weighted by Crippen LogP contribution is 2.18. The molecule has 6 nitrogen and oxygen atoms in total. The van der Waals surface area contributed by atoms with Gasteiger partial charge in [-0.2, -0.15) is 4.72 Å². The Morgan fingerprint density at radius 3 is 2.62 bits per heavy atom. The monoisotopic (exact) mass is 317 g/mol. The van der Waals surface area contributed by atoms with E-state index in [1.165, 1.54) is 24.0 Å². The maximum absolute atomic E-state index is 13.6. The van der Waals surface area contributed by atoms with E-state index in [1.807, 2.05) is 0 Å². The number of sulfonamides is 1. The molecule has 0 aliphatic rings. The molecule has 21 heavy (non-hydrogen) atoms. The highest BCUT2D eigenvalue weighted by molar-refractivity contribution is 7.89. The van der Waals surface area contributed by atoms with E-state index in [1.54, 1.807) is 14.0 Å². The van der Waals surface area contributed by atoms with Crippen molar-refractivity contribution in [3.05, 3.63) is 29.6 Å². The van der Waals surface area contributed by atoms with Crippen LogP contribution in [0.1, 0.15) is 19.4 Å². The SMILES string of the molecule is CCN(C)C(=O)C(C)NS(=O)(=O)c1cccc(F)c1CN. The quantitative estimate of drug-likeness (QED) is 0.796. The van der Waals surface area contributed by atoms with Crippen molar-refractivity contribution < 1.29 is 17.6 Å². The van der Waals surface area contributed by atoms with Crippen LogP contribution in [0, 0.1) is 5.82 Å². The summed E-state index contributed by atoms with van der Waals surface area (Å²) in [5.41, 5.74) is 5.30. The molecule has 0 spiro atoms. The average Bonchev–Trinajstić information content (AvgIpc) is 2.44. The second kappa shape index (κ2) is 6.97. The fourth-order valence-electron chi connectivity index (χ4n) is 1.82. The van der Waals surface area contributed by atoms with E-state index in [0.29, 0.717) is 6.54 Å². The summed E-state index contributed by atoms with van der Waals surface area (Å²) >= 11 is 0. The van der Waals surface area contributed by atoms with Crippen molar-refractivity contribution in [3.63, 3.8) is 0 Å². The number of carbonyl (C=O) groups is 1. The lowest BCUT2D eigenvalue weighted by atomic mass is 10.2. The van der Waals surface area contributed by atoms with Crippen LogP contribution in [0.3, 0.4) is 0 Å². The Morgan fingerprint density at radius 2 is 2.10 bits per heavy atom. The van der Waals surface area contributed by atoms with E-state index < -0.39 is 21.9 Å². The van der Waals surface area contributed by atoms with E-state index in [0.717, 1.165) is 6.07 Å². The van der Waals surface area contributed by atoms with Gasteiger partial charge in [0.15, 0.2) is 0 Å². The first-order chi connectivity index (χ1) is 9.74. The lowest BCUT2D eigenvalue weighted by Gasteiger charge is -2.21. The molecule has 0 heterocycles. The molecule has 0 aliphatic carbocycles. The van der Waals surface area contributed by atoms with E-state index in [9.17, 15) is 17.6 Å². The Hall–Kier alpha value is -1.51. The zero-order valence-electron chi connectivity index (χ0n) is 12.3. The summed E-state index contributed by atoms with van der Waals surface area (Å²) < 4.78 is 40.4. The van der Waals surface area contributed by atoms with Crippen LogP contribution >= 0.6 is 0 Å². The minimum atomic E-state index is -4.03. The molecule has 0 radical (unpaired) electrons. The van der Waals surface area contributed by atoms with E-state index >= 15 is 0 Å². The van der Waals surface area contributed by atoms with Gasteiger partial charge >= 0.3 is 0 Å². The molecular weight excluding hydrogens is 297 g/mol. The van der Waals surface area contributed by atoms with Crippen LogP contribution < -0.4 is 10.5 Å². The van der Waals surface area contributed by atoms with Crippen molar-refractivity contribution >= 4 is 15.9 Å². The van der Waals surface area contributed by atoms with E-state index in [2.05, 4.69) is 4.72 Å². The number of likely N-dealkylation sites (N-methyl/N-ethyl adjacent to an activating group) is 1. The maximum atomic E-state index is 13.6. The van der Waals surface area contributed by atoms with Gasteiger partial charge in [0, 0.05) is 25.7 Å². The number of nitrogens with two attached hydrogens (primary N) is 1. The van der Waals surface area contributed by atoms with Crippen molar-refractivity contribution in [2.75, 3.05) is 13.6 Å². The number of carbonyl (C=O) groups excluding carboxylic acids is 1. The van der Waals surface area contributed by atoms with Crippen LogP contribution in [0.4, 0.5) is 4.39 Å². The minimum Gasteiger partial charge on any atom is -0.345 e. The molecule has 118 valence electrons. The summed E-state index contributed by atoms with van der Waals surface area (Å²) in [6.07, 6.45) is 0. The zero-order chi connectivity index (χ0) is 16.2. The molecule has 3 N–H and O–H groups in total. The zero-order valence-corrected chi connectivity index (χ0v) is 13.1. The van der Waals surface area contributed by atoms with Crippen LogP contribution in [0.2, 0.25) is 0 Å². The van der Waals surface area contributed by atoms with Gasteiger partial charge in [-0.1, -0.05) is 6.07 Å². The highest BCUT2D eigenvalue weighted by Gasteiger charge is 2.26. The molecule has 1 rings (SSSR count). The highest BCUT2D eigenvalue weighted by atomic mass is 32.2. The summed E-state index contributed by atoms with van der Waals surface area (Å²) in [5, 5.41) is 0. The molecule has 1 atom stereocenters. The maximum Gasteiger partial charge on any atom is 0.241 e. The van der Waals surface area contributed by atoms with Crippen LogP contribution in [0.5, 0.6) is 0 Å². The first kappa shape index (κ1) is 17.5. The first-order valence-corrected chi connectivity index (χ1v) is 7.97. The molecule has 0 bridgehead atoms. The molecule has 8 heteroatoms. The number of benzene rings is 1. The van der Waals surface area contributed by atoms with Gasteiger partial charge in [-0.25, -0.2) is 12.8 Å². The molecule has 1 aromatic carbocycles. The summed E-state index contributed by atoms with van der Waals surface area (Å²) in [6, 6.07) is 2.73. The lowest BCUT2D eigenvalue weighted by molar-refractivity contribution is -0.131. The third-order valence-electron chi connectivity index (χ3n) is 3.12. The number of halogens is 1. The third kappa shape index (κ3) is 3.99. The Morgan fingerprint density at radius 1 is 1.48 bits per heavy atom. The number of hydrogen-bond donors (Lipinski definition) is 2. The molecule has 1 amide bonds. The fourth-order valence-corrected chi connectivity index (χ4v) is 3.28. The van der Waals surface area contributed by atoms with Gasteiger partial charge in [0.2, 0.25) is 15.9 Å². The van der Waals surface area contributed by atoms with Crippen LogP contribution in [0.15, 0.2) is 23.1 Å². The predicted molar refractivity (Wildman–Crippen MR) is 77.4 cm³/mol. The fraction of sp³-hybridized carbons (Fsp3) is 0.462. The summed E-state index contributed by atoms with van der Waals surface area (Å²) in [6.45, 7) is 3.42. The molecule has 0 aromatic heterocycles. The summed E-state index contributed by atoms with van der Waals surface area (Å²) in [7, 11) is -2.46. The van der Waals surface area contributed by atoms with Crippen molar-refractivity contribution in [1.82, 2.24) is 9.62 Å². The van der Waals surface area contributed by atoms with Crippen molar-refractivity contribution in [2.24, 2.45) is 5.73 Å². The molecule has 0 aliphatic heterocycles. The Labute approximate surface area is 124 Å². The molecule has 0 saturated carbocycles. The number of rotatable bonds is 6. The normalized spacial score (nSPS) is 13.0. The first-order valence-electron chi connectivity index (χ1n) is 6.49. The number of nitrogens with one attached hydrogen (secondary N) is 1. The molecule has 1 unspecified atom stereocenters. The lowest BCUT2D eigenvalue weighted by Crippen LogP contribution is -2.45. The van der Waals surface area contributed by atoms with Crippen molar-refractivity contribution in [1.29, 1.82) is 0 Å². The van der Waals surface area contributed by atoms with Gasteiger partial charge in [0.1, 0.15) is 5.82 Å². The Kier molecular flexibility index (Phi) is 5.82. The molecule has 0 saturated heterocycles. The number of hydrogen-bond acceptors (Lipinski definition) is 4. The van der Waals surface area contributed by atoms with Gasteiger partial charge in [-0.3, -0.25) is 4.79 Å². The molecular formula is C13H20FN3O3S. The molecule has 0 fully saturated rings. The third-order valence-corrected chi connectivity index (χ3v) is 4.75. The summed E-state index contributed by atoms with van der Waals surface area (Å²) in [4.78, 5) is 13.0. The second-order valence-electron chi connectivity index (χ2n) is 4.62. The van der Waals surface area contributed by atoms with Gasteiger partial charge in [-0.05, 0) is 26.0 Å². The Bertz CT molecular complexity index is 619. The number of nitrogens with zero attached hydrogens (tertiary/aromatic N) is 1. The number of amides is 1. The molecule has 1 aromatic rings. The minimum absolute atomic E-state index is 0.103. The van der Waals surface area contributed by atoms with E-state index in [-0.39, 0.29) is 22.9 Å².